The van der Waals surface area contributed by atoms with Crippen molar-refractivity contribution in [1.29, 1.82) is 0 Å². The number of nitrogens with zero attached hydrogens (tertiary/aromatic N) is 2. The van der Waals surface area contributed by atoms with E-state index < -0.39 is 0 Å². The van der Waals surface area contributed by atoms with Crippen molar-refractivity contribution in [2.75, 3.05) is 26.2 Å². The number of fused-ring (bicyclic) bond motifs is 1. The highest BCUT2D eigenvalue weighted by Crippen LogP contribution is 2.34. The topological polar surface area (TPSA) is 54.5 Å². The predicted octanol–water partition coefficient (Wildman–Crippen LogP) is 1.96. The fraction of sp³-hybridized carbons (Fsp3) is 0.400. The number of hydrogen-bond acceptors (Lipinski definition) is 4. The van der Waals surface area contributed by atoms with Crippen LogP contribution in [0.5, 0.6) is 0 Å². The highest BCUT2D eigenvalue weighted by atomic mass is 16.5. The van der Waals surface area contributed by atoms with Gasteiger partial charge in [0.05, 0.1) is 12.7 Å². The number of carbonyl (C=O) groups is 1. The Labute approximate surface area is 148 Å². The van der Waals surface area contributed by atoms with E-state index >= 15 is 0 Å². The van der Waals surface area contributed by atoms with Crippen LogP contribution in [0.25, 0.3) is 0 Å². The van der Waals surface area contributed by atoms with Crippen LogP contribution in [0.15, 0.2) is 54.9 Å². The smallest absolute Gasteiger partial charge is 0.251 e. The summed E-state index contributed by atoms with van der Waals surface area (Å²) in [6, 6.07) is 13.5. The van der Waals surface area contributed by atoms with Crippen LogP contribution < -0.4 is 5.32 Å². The molecular formula is C20H23N3O2. The van der Waals surface area contributed by atoms with Crippen molar-refractivity contribution in [3.05, 3.63) is 66.0 Å². The number of likely N-dealkylation sites (tertiary alicyclic amines) is 1. The maximum Gasteiger partial charge on any atom is 0.251 e. The van der Waals surface area contributed by atoms with Crippen LogP contribution >= 0.6 is 0 Å². The van der Waals surface area contributed by atoms with Crippen LogP contribution in [-0.2, 0) is 11.3 Å². The molecule has 2 aliphatic rings. The zero-order chi connectivity index (χ0) is 17.1. The summed E-state index contributed by atoms with van der Waals surface area (Å²) in [6.07, 6.45) is 3.97. The minimum absolute atomic E-state index is 0.00399. The van der Waals surface area contributed by atoms with Gasteiger partial charge in [-0.25, -0.2) is 0 Å². The lowest BCUT2D eigenvalue weighted by molar-refractivity contribution is 0.0904. The van der Waals surface area contributed by atoms with Crippen LogP contribution in [0.1, 0.15) is 15.9 Å². The van der Waals surface area contributed by atoms with Crippen molar-refractivity contribution in [2.45, 2.75) is 12.6 Å². The third-order valence-corrected chi connectivity index (χ3v) is 5.23. The highest BCUT2D eigenvalue weighted by molar-refractivity contribution is 5.94. The van der Waals surface area contributed by atoms with Gasteiger partial charge in [-0.1, -0.05) is 18.2 Å². The van der Waals surface area contributed by atoms with E-state index in [1.807, 2.05) is 42.7 Å². The lowest BCUT2D eigenvalue weighted by Gasteiger charge is -2.20. The summed E-state index contributed by atoms with van der Waals surface area (Å²) in [7, 11) is 0. The third-order valence-electron chi connectivity index (χ3n) is 5.23. The highest BCUT2D eigenvalue weighted by Gasteiger charge is 2.43. The predicted molar refractivity (Wildman–Crippen MR) is 95.0 cm³/mol. The summed E-state index contributed by atoms with van der Waals surface area (Å²) in [5.74, 6) is 0.883. The Morgan fingerprint density at radius 1 is 1.16 bits per heavy atom. The minimum Gasteiger partial charge on any atom is -0.376 e. The third kappa shape index (κ3) is 3.72. The van der Waals surface area contributed by atoms with Crippen molar-refractivity contribution >= 4 is 5.91 Å². The summed E-state index contributed by atoms with van der Waals surface area (Å²) in [4.78, 5) is 18.7. The van der Waals surface area contributed by atoms with Crippen molar-refractivity contribution in [2.24, 2.45) is 11.8 Å². The molecule has 0 aliphatic carbocycles. The second-order valence-electron chi connectivity index (χ2n) is 6.92. The number of amides is 1. The van der Waals surface area contributed by atoms with Crippen LogP contribution in [0.4, 0.5) is 0 Å². The molecule has 25 heavy (non-hydrogen) atoms. The van der Waals surface area contributed by atoms with Crippen LogP contribution in [0, 0.1) is 11.8 Å². The zero-order valence-corrected chi connectivity index (χ0v) is 14.2. The summed E-state index contributed by atoms with van der Waals surface area (Å²) in [5.41, 5.74) is 1.99. The molecule has 0 spiro atoms. The molecule has 5 heteroatoms. The minimum atomic E-state index is -0.00399. The largest absolute Gasteiger partial charge is 0.376 e. The van der Waals surface area contributed by atoms with Gasteiger partial charge in [0.15, 0.2) is 0 Å². The summed E-state index contributed by atoms with van der Waals surface area (Å²) in [5, 5.41) is 3.07. The van der Waals surface area contributed by atoms with Crippen molar-refractivity contribution in [3.8, 4) is 0 Å². The maximum absolute atomic E-state index is 12.2. The van der Waals surface area contributed by atoms with Crippen LogP contribution in [0.2, 0.25) is 0 Å². The number of rotatable bonds is 5. The van der Waals surface area contributed by atoms with E-state index in [0.717, 1.165) is 26.2 Å². The summed E-state index contributed by atoms with van der Waals surface area (Å²) < 4.78 is 5.99. The quantitative estimate of drug-likeness (QED) is 0.906. The normalized spacial score (nSPS) is 25.7. The Hall–Kier alpha value is -2.24. The molecule has 5 nitrogen and oxygen atoms in total. The van der Waals surface area contributed by atoms with Crippen molar-refractivity contribution < 1.29 is 9.53 Å². The number of ether oxygens (including phenoxy) is 1. The van der Waals surface area contributed by atoms with Crippen LogP contribution in [-0.4, -0.2) is 48.1 Å². The Balaban J connectivity index is 1.30. The number of benzene rings is 1. The SMILES string of the molecule is O=C(NC[C@@H]1CO[C@@H]2CN(Cc3ccncc3)C[C@H]12)c1ccccc1. The molecule has 2 aromatic rings. The number of hydrogen-bond donors (Lipinski definition) is 1. The number of pyridine rings is 1. The molecule has 3 atom stereocenters. The van der Waals surface area contributed by atoms with E-state index in [4.69, 9.17) is 4.74 Å². The lowest BCUT2D eigenvalue weighted by Crippen LogP contribution is -2.34. The molecule has 130 valence electrons. The van der Waals surface area contributed by atoms with Crippen LogP contribution in [0.3, 0.4) is 0 Å². The fourth-order valence-corrected chi connectivity index (χ4v) is 3.88. The number of nitrogens with one attached hydrogen (secondary N) is 1. The van der Waals surface area contributed by atoms with Crippen molar-refractivity contribution in [1.82, 2.24) is 15.2 Å². The van der Waals surface area contributed by atoms with E-state index in [9.17, 15) is 4.79 Å². The Morgan fingerprint density at radius 2 is 1.96 bits per heavy atom. The first kappa shape index (κ1) is 16.2. The molecule has 1 N–H and O–H groups in total. The van der Waals surface area contributed by atoms with Crippen molar-refractivity contribution in [3.63, 3.8) is 0 Å². The second-order valence-corrected chi connectivity index (χ2v) is 6.92. The van der Waals surface area contributed by atoms with Gasteiger partial charge < -0.3 is 10.1 Å². The van der Waals surface area contributed by atoms with Gasteiger partial charge in [0.1, 0.15) is 0 Å². The van der Waals surface area contributed by atoms with E-state index in [2.05, 4.69) is 27.3 Å². The summed E-state index contributed by atoms with van der Waals surface area (Å²) in [6.45, 7) is 4.35. The van der Waals surface area contributed by atoms with Gasteiger partial charge in [-0.2, -0.15) is 0 Å². The zero-order valence-electron chi connectivity index (χ0n) is 14.2. The van der Waals surface area contributed by atoms with Gasteiger partial charge in [0, 0.05) is 56.0 Å². The summed E-state index contributed by atoms with van der Waals surface area (Å²) >= 11 is 0. The molecule has 2 saturated heterocycles. The van der Waals surface area contributed by atoms with Gasteiger partial charge in [0.2, 0.25) is 0 Å². The molecule has 2 fully saturated rings. The standard InChI is InChI=1S/C20H23N3O2/c24-20(16-4-2-1-3-5-16)22-10-17-14-25-19-13-23(12-18(17)19)11-15-6-8-21-9-7-15/h1-9,17-19H,10-14H2,(H,22,24)/t17-,18-,19-/m1/s1. The first-order valence-corrected chi connectivity index (χ1v) is 8.86. The molecule has 2 aliphatic heterocycles. The maximum atomic E-state index is 12.2. The molecule has 1 aromatic heterocycles. The molecule has 4 rings (SSSR count). The molecule has 0 saturated carbocycles. The average Bonchev–Trinajstić information content (AvgIpc) is 3.22. The van der Waals surface area contributed by atoms with E-state index in [1.165, 1.54) is 5.56 Å². The lowest BCUT2D eigenvalue weighted by atomic mass is 9.93. The molecule has 1 aromatic carbocycles. The molecule has 0 radical (unpaired) electrons. The van der Waals surface area contributed by atoms with Gasteiger partial charge in [0.25, 0.3) is 5.91 Å². The fourth-order valence-electron chi connectivity index (χ4n) is 3.88. The van der Waals surface area contributed by atoms with E-state index in [-0.39, 0.29) is 5.91 Å². The van der Waals surface area contributed by atoms with E-state index in [0.29, 0.717) is 30.0 Å². The first-order chi connectivity index (χ1) is 12.3. The molecule has 0 bridgehead atoms. The van der Waals surface area contributed by atoms with Gasteiger partial charge in [-0.05, 0) is 29.8 Å². The van der Waals surface area contributed by atoms with Gasteiger partial charge in [-0.15, -0.1) is 0 Å². The Kier molecular flexibility index (Phi) is 4.76. The van der Waals surface area contributed by atoms with E-state index in [1.54, 1.807) is 0 Å². The number of carbonyl (C=O) groups excluding carboxylic acids is 1. The Bertz CT molecular complexity index is 707. The molecule has 3 heterocycles. The van der Waals surface area contributed by atoms with Gasteiger partial charge in [-0.3, -0.25) is 14.7 Å². The molecular weight excluding hydrogens is 314 g/mol. The Morgan fingerprint density at radius 3 is 2.76 bits per heavy atom. The second kappa shape index (κ2) is 7.33. The average molecular weight is 337 g/mol. The number of aromatic nitrogens is 1. The molecule has 0 unspecified atom stereocenters. The first-order valence-electron chi connectivity index (χ1n) is 8.86. The van der Waals surface area contributed by atoms with Gasteiger partial charge >= 0.3 is 0 Å². The molecule has 1 amide bonds. The monoisotopic (exact) mass is 337 g/mol.